The zero-order valence-electron chi connectivity index (χ0n) is 15.6. The Kier molecular flexibility index (Phi) is 5.76. The minimum atomic E-state index is -0.584. The van der Waals surface area contributed by atoms with Gasteiger partial charge in [-0.2, -0.15) is 0 Å². The number of pyridine rings is 1. The van der Waals surface area contributed by atoms with Gasteiger partial charge >= 0.3 is 0 Å². The van der Waals surface area contributed by atoms with E-state index in [9.17, 15) is 4.79 Å². The van der Waals surface area contributed by atoms with Crippen molar-refractivity contribution >= 4 is 38.4 Å². The van der Waals surface area contributed by atoms with Crippen LogP contribution in [0.5, 0.6) is 0 Å². The van der Waals surface area contributed by atoms with E-state index in [-0.39, 0.29) is 5.91 Å². The number of hydrogen-bond acceptors (Lipinski definition) is 2. The molecule has 1 unspecified atom stereocenters. The molecule has 1 N–H and O–H groups in total. The molecule has 0 aliphatic rings. The van der Waals surface area contributed by atoms with Crippen molar-refractivity contribution in [2.45, 2.75) is 26.7 Å². The number of hydrogen-bond donors (Lipinski definition) is 1. The molecule has 3 rings (SSSR count). The minimum Gasteiger partial charge on any atom is -0.324 e. The number of halogens is 1. The molecule has 4 heteroatoms. The number of rotatable bonds is 6. The molecule has 1 aromatic heterocycles. The molecule has 1 atom stereocenters. The van der Waals surface area contributed by atoms with Gasteiger partial charge in [-0.1, -0.05) is 55.0 Å². The summed E-state index contributed by atoms with van der Waals surface area (Å²) < 4.78 is 0.939. The molecule has 3 aromatic rings. The van der Waals surface area contributed by atoms with Gasteiger partial charge in [0, 0.05) is 9.86 Å². The molecule has 0 saturated carbocycles. The Morgan fingerprint density at radius 1 is 1.19 bits per heavy atom. The third-order valence-corrected chi connectivity index (χ3v) is 5.24. The van der Waals surface area contributed by atoms with Crippen LogP contribution in [0.1, 0.15) is 25.8 Å². The number of fused-ring (bicyclic) bond motifs is 1. The summed E-state index contributed by atoms with van der Waals surface area (Å²) in [6, 6.07) is 17.9. The fourth-order valence-corrected chi connectivity index (χ4v) is 3.89. The van der Waals surface area contributed by atoms with Crippen LogP contribution in [0.4, 0.5) is 5.69 Å². The van der Waals surface area contributed by atoms with Gasteiger partial charge in [-0.25, -0.2) is 0 Å². The Morgan fingerprint density at radius 3 is 2.63 bits per heavy atom. The molecule has 0 radical (unpaired) electrons. The van der Waals surface area contributed by atoms with Gasteiger partial charge in [-0.05, 0) is 53.4 Å². The van der Waals surface area contributed by atoms with E-state index in [1.54, 1.807) is 6.20 Å². The Balaban J connectivity index is 1.86. The number of allylic oxidation sites excluding steroid dienone is 1. The van der Waals surface area contributed by atoms with Gasteiger partial charge in [0.25, 0.3) is 0 Å². The molecule has 0 aliphatic heterocycles. The summed E-state index contributed by atoms with van der Waals surface area (Å²) >= 11 is 3.51. The van der Waals surface area contributed by atoms with Crippen molar-refractivity contribution < 1.29 is 4.79 Å². The van der Waals surface area contributed by atoms with E-state index in [0.717, 1.165) is 26.5 Å². The SMILES string of the molecule is C=C(C)CC(C)(Cc1ccccc1)C(=O)Nc1cnc2c(Br)cccc2c1. The number of benzene rings is 2. The van der Waals surface area contributed by atoms with Crippen LogP contribution in [0.2, 0.25) is 0 Å². The molecule has 0 bridgehead atoms. The highest BCUT2D eigenvalue weighted by molar-refractivity contribution is 9.10. The first-order chi connectivity index (χ1) is 12.9. The van der Waals surface area contributed by atoms with Crippen molar-refractivity contribution in [1.82, 2.24) is 4.98 Å². The predicted octanol–water partition coefficient (Wildman–Crippen LogP) is 6.15. The van der Waals surface area contributed by atoms with Crippen LogP contribution in [0.25, 0.3) is 10.9 Å². The van der Waals surface area contributed by atoms with Gasteiger partial charge in [-0.3, -0.25) is 9.78 Å². The number of nitrogens with one attached hydrogen (secondary N) is 1. The summed E-state index contributed by atoms with van der Waals surface area (Å²) in [6.45, 7) is 7.98. The third kappa shape index (κ3) is 4.64. The van der Waals surface area contributed by atoms with Crippen LogP contribution < -0.4 is 5.32 Å². The normalized spacial score (nSPS) is 13.1. The molecular weight excluding hydrogens is 400 g/mol. The van der Waals surface area contributed by atoms with Crippen LogP contribution in [-0.2, 0) is 11.2 Å². The molecule has 1 heterocycles. The Hall–Kier alpha value is -2.46. The zero-order valence-corrected chi connectivity index (χ0v) is 17.2. The second-order valence-electron chi connectivity index (χ2n) is 7.35. The van der Waals surface area contributed by atoms with E-state index < -0.39 is 5.41 Å². The largest absolute Gasteiger partial charge is 0.324 e. The summed E-state index contributed by atoms with van der Waals surface area (Å²) in [5.74, 6) is -0.0227. The van der Waals surface area contributed by atoms with Gasteiger partial charge in [0.05, 0.1) is 22.8 Å². The predicted molar refractivity (Wildman–Crippen MR) is 116 cm³/mol. The highest BCUT2D eigenvalue weighted by Gasteiger charge is 2.33. The van der Waals surface area contributed by atoms with E-state index in [1.807, 2.05) is 56.3 Å². The molecule has 0 spiro atoms. The third-order valence-electron chi connectivity index (χ3n) is 4.60. The fraction of sp³-hybridized carbons (Fsp3) is 0.217. The lowest BCUT2D eigenvalue weighted by Crippen LogP contribution is -2.36. The summed E-state index contributed by atoms with van der Waals surface area (Å²) in [7, 11) is 0. The summed E-state index contributed by atoms with van der Waals surface area (Å²) in [5, 5.41) is 4.04. The maximum Gasteiger partial charge on any atom is 0.231 e. The molecule has 1 amide bonds. The van der Waals surface area contributed by atoms with Crippen LogP contribution in [-0.4, -0.2) is 10.9 Å². The first-order valence-corrected chi connectivity index (χ1v) is 9.71. The van der Waals surface area contributed by atoms with E-state index in [2.05, 4.69) is 44.9 Å². The van der Waals surface area contributed by atoms with Crippen molar-refractivity contribution in [3.05, 3.63) is 83.0 Å². The molecule has 27 heavy (non-hydrogen) atoms. The lowest BCUT2D eigenvalue weighted by molar-refractivity contribution is -0.124. The summed E-state index contributed by atoms with van der Waals surface area (Å²) in [6.07, 6.45) is 2.98. The van der Waals surface area contributed by atoms with Crippen molar-refractivity contribution in [3.63, 3.8) is 0 Å². The summed E-state index contributed by atoms with van der Waals surface area (Å²) in [5.41, 5.74) is 3.12. The molecule has 2 aromatic carbocycles. The highest BCUT2D eigenvalue weighted by atomic mass is 79.9. The maximum atomic E-state index is 13.2. The second kappa shape index (κ2) is 8.05. The Morgan fingerprint density at radius 2 is 1.93 bits per heavy atom. The highest BCUT2D eigenvalue weighted by Crippen LogP contribution is 2.32. The number of amides is 1. The monoisotopic (exact) mass is 422 g/mol. The first-order valence-electron chi connectivity index (χ1n) is 8.91. The van der Waals surface area contributed by atoms with Crippen LogP contribution >= 0.6 is 15.9 Å². The molecular formula is C23H23BrN2O. The van der Waals surface area contributed by atoms with E-state index in [4.69, 9.17) is 0 Å². The van der Waals surface area contributed by atoms with Crippen molar-refractivity contribution in [2.24, 2.45) is 5.41 Å². The van der Waals surface area contributed by atoms with E-state index in [0.29, 0.717) is 18.5 Å². The number of para-hydroxylation sites is 1. The standard InChI is InChI=1S/C23H23BrN2O/c1-16(2)13-23(3,14-17-8-5-4-6-9-17)22(27)26-19-12-18-10-7-11-20(24)21(18)25-15-19/h4-12,15H,1,13-14H2,2-3H3,(H,26,27). The lowest BCUT2D eigenvalue weighted by atomic mass is 9.77. The minimum absolute atomic E-state index is 0.0227. The molecule has 138 valence electrons. The first kappa shape index (κ1) is 19.3. The van der Waals surface area contributed by atoms with E-state index in [1.165, 1.54) is 0 Å². The Bertz CT molecular complexity index is 984. The molecule has 0 fully saturated rings. The van der Waals surface area contributed by atoms with Crippen molar-refractivity contribution in [1.29, 1.82) is 0 Å². The van der Waals surface area contributed by atoms with Gasteiger partial charge in [0.15, 0.2) is 0 Å². The number of aromatic nitrogens is 1. The number of anilines is 1. The van der Waals surface area contributed by atoms with Crippen molar-refractivity contribution in [2.75, 3.05) is 5.32 Å². The average Bonchev–Trinajstić information content (AvgIpc) is 2.62. The number of nitrogens with zero attached hydrogens (tertiary/aromatic N) is 1. The average molecular weight is 423 g/mol. The smallest absolute Gasteiger partial charge is 0.231 e. The van der Waals surface area contributed by atoms with Crippen LogP contribution in [0.3, 0.4) is 0 Å². The van der Waals surface area contributed by atoms with Gasteiger partial charge in [0.2, 0.25) is 5.91 Å². The van der Waals surface area contributed by atoms with Crippen LogP contribution in [0, 0.1) is 5.41 Å². The lowest BCUT2D eigenvalue weighted by Gasteiger charge is -2.29. The van der Waals surface area contributed by atoms with Gasteiger partial charge < -0.3 is 5.32 Å². The summed E-state index contributed by atoms with van der Waals surface area (Å²) in [4.78, 5) is 17.7. The second-order valence-corrected chi connectivity index (χ2v) is 8.20. The molecule has 3 nitrogen and oxygen atoms in total. The number of carbonyl (C=O) groups excluding carboxylic acids is 1. The van der Waals surface area contributed by atoms with E-state index >= 15 is 0 Å². The fourth-order valence-electron chi connectivity index (χ4n) is 3.41. The van der Waals surface area contributed by atoms with Gasteiger partial charge in [0.1, 0.15) is 0 Å². The topological polar surface area (TPSA) is 42.0 Å². The zero-order chi connectivity index (χ0) is 19.4. The van der Waals surface area contributed by atoms with Crippen LogP contribution in [0.15, 0.2) is 77.4 Å². The van der Waals surface area contributed by atoms with Gasteiger partial charge in [-0.15, -0.1) is 6.58 Å². The maximum absolute atomic E-state index is 13.2. The molecule has 0 saturated heterocycles. The Labute approximate surface area is 168 Å². The molecule has 0 aliphatic carbocycles. The van der Waals surface area contributed by atoms with Crippen molar-refractivity contribution in [3.8, 4) is 0 Å². The number of carbonyl (C=O) groups is 1. The quantitative estimate of drug-likeness (QED) is 0.483.